The first-order chi connectivity index (χ1) is 15.7. The summed E-state index contributed by atoms with van der Waals surface area (Å²) in [6, 6.07) is 0. The molecule has 0 fully saturated rings. The number of carbonyl (C=O) groups is 2. The number of carboxylic acid groups (broad SMARTS) is 1. The molecule has 0 radical (unpaired) electrons. The predicted molar refractivity (Wildman–Crippen MR) is 132 cm³/mol. The third-order valence-corrected chi connectivity index (χ3v) is 6.00. The normalized spacial score (nSPS) is 11.0. The zero-order valence-electron chi connectivity index (χ0n) is 21.1. The minimum absolute atomic E-state index is 0.231. The van der Waals surface area contributed by atoms with Crippen LogP contribution in [0, 0.1) is 0 Å². The van der Waals surface area contributed by atoms with Gasteiger partial charge in [-0.25, -0.2) is 4.79 Å². The number of carboxylic acids is 1. The molecule has 0 aliphatic heterocycles. The highest BCUT2D eigenvalue weighted by atomic mass is 17.2. The van der Waals surface area contributed by atoms with Crippen LogP contribution in [0.4, 0.5) is 0 Å². The smallest absolute Gasteiger partial charge is 0.342 e. The van der Waals surface area contributed by atoms with Gasteiger partial charge >= 0.3 is 11.9 Å². The second-order valence-corrected chi connectivity index (χ2v) is 9.24. The number of hydrogen-bond donors (Lipinski definition) is 1. The van der Waals surface area contributed by atoms with E-state index in [1.54, 1.807) is 0 Å². The molecule has 0 aromatic carbocycles. The van der Waals surface area contributed by atoms with Gasteiger partial charge in [-0.3, -0.25) is 9.68 Å². The van der Waals surface area contributed by atoms with Crippen LogP contribution in [0.2, 0.25) is 0 Å². The van der Waals surface area contributed by atoms with Crippen molar-refractivity contribution in [2.45, 2.75) is 155 Å². The van der Waals surface area contributed by atoms with Gasteiger partial charge in [0.2, 0.25) is 0 Å². The lowest BCUT2D eigenvalue weighted by atomic mass is 10.0. The zero-order valence-corrected chi connectivity index (χ0v) is 21.1. The molecule has 0 saturated carbocycles. The molecule has 1 N–H and O–H groups in total. The van der Waals surface area contributed by atoms with Gasteiger partial charge in [0.15, 0.2) is 0 Å². The number of carbonyl (C=O) groups excluding carboxylic acids is 1. The standard InChI is InChI=1S/C27H52O5/c1-2-3-4-5-6-7-8-9-10-11-12-13-14-15-19-22-25-31-32-27(30)24-21-18-16-17-20-23-26(28)29/h2-25H2,1H3,(H,28,29). The van der Waals surface area contributed by atoms with E-state index in [0.29, 0.717) is 19.4 Å². The Kier molecular flexibility index (Phi) is 25.3. The highest BCUT2D eigenvalue weighted by molar-refractivity contribution is 5.68. The fraction of sp³-hybridized carbons (Fsp3) is 0.926. The number of aliphatic carboxylic acids is 1. The van der Waals surface area contributed by atoms with E-state index in [0.717, 1.165) is 38.5 Å². The molecule has 0 bridgehead atoms. The summed E-state index contributed by atoms with van der Waals surface area (Å²) >= 11 is 0. The first-order valence-electron chi connectivity index (χ1n) is 13.7. The van der Waals surface area contributed by atoms with E-state index in [1.165, 1.54) is 89.9 Å². The van der Waals surface area contributed by atoms with Gasteiger partial charge in [-0.2, -0.15) is 4.89 Å². The van der Waals surface area contributed by atoms with Gasteiger partial charge in [-0.05, 0) is 19.3 Å². The lowest BCUT2D eigenvalue weighted by Crippen LogP contribution is -2.06. The molecule has 0 aliphatic rings. The maximum atomic E-state index is 11.6. The average molecular weight is 457 g/mol. The van der Waals surface area contributed by atoms with E-state index >= 15 is 0 Å². The van der Waals surface area contributed by atoms with Crippen molar-refractivity contribution in [1.82, 2.24) is 0 Å². The van der Waals surface area contributed by atoms with Crippen LogP contribution in [-0.4, -0.2) is 23.7 Å². The van der Waals surface area contributed by atoms with E-state index in [1.807, 2.05) is 0 Å². The van der Waals surface area contributed by atoms with E-state index in [4.69, 9.17) is 14.9 Å². The SMILES string of the molecule is CCCCCCCCCCCCCCCCCCOOC(=O)CCCCCCCC(=O)O. The van der Waals surface area contributed by atoms with Gasteiger partial charge < -0.3 is 5.11 Å². The molecular weight excluding hydrogens is 404 g/mol. The molecule has 5 nitrogen and oxygen atoms in total. The summed E-state index contributed by atoms with van der Waals surface area (Å²) in [5, 5.41) is 8.56. The van der Waals surface area contributed by atoms with Gasteiger partial charge in [0, 0.05) is 12.8 Å². The molecule has 0 unspecified atom stereocenters. The Morgan fingerprint density at radius 1 is 0.531 bits per heavy atom. The zero-order chi connectivity index (χ0) is 23.5. The van der Waals surface area contributed by atoms with E-state index < -0.39 is 5.97 Å². The first kappa shape index (κ1) is 30.9. The summed E-state index contributed by atoms with van der Waals surface area (Å²) in [6.45, 7) is 2.76. The summed E-state index contributed by atoms with van der Waals surface area (Å²) in [6.07, 6.45) is 26.3. The molecule has 5 heteroatoms. The Bertz CT molecular complexity index is 411. The fourth-order valence-electron chi connectivity index (χ4n) is 3.93. The molecule has 0 amide bonds. The van der Waals surface area contributed by atoms with E-state index in [9.17, 15) is 9.59 Å². The van der Waals surface area contributed by atoms with Crippen LogP contribution < -0.4 is 0 Å². The van der Waals surface area contributed by atoms with Crippen molar-refractivity contribution < 1.29 is 24.5 Å². The molecule has 0 heterocycles. The summed E-state index contributed by atoms with van der Waals surface area (Å²) < 4.78 is 0. The molecule has 0 spiro atoms. The van der Waals surface area contributed by atoms with E-state index in [-0.39, 0.29) is 12.4 Å². The van der Waals surface area contributed by atoms with Gasteiger partial charge in [-0.15, -0.1) is 0 Å². The summed E-state index contributed by atoms with van der Waals surface area (Å²) in [5.41, 5.74) is 0. The van der Waals surface area contributed by atoms with Crippen LogP contribution in [0.5, 0.6) is 0 Å². The Labute approximate surface area is 198 Å². The molecule has 0 aromatic heterocycles. The van der Waals surface area contributed by atoms with E-state index in [2.05, 4.69) is 6.92 Å². The largest absolute Gasteiger partial charge is 0.481 e. The van der Waals surface area contributed by atoms with Crippen molar-refractivity contribution >= 4 is 11.9 Å². The van der Waals surface area contributed by atoms with Crippen LogP contribution >= 0.6 is 0 Å². The van der Waals surface area contributed by atoms with Gasteiger partial charge in [0.25, 0.3) is 0 Å². The molecular formula is C27H52O5. The average Bonchev–Trinajstić information content (AvgIpc) is 2.77. The highest BCUT2D eigenvalue weighted by Gasteiger charge is 2.04. The molecule has 0 rings (SSSR count). The number of hydrogen-bond acceptors (Lipinski definition) is 4. The topological polar surface area (TPSA) is 72.8 Å². The molecule has 0 aromatic rings. The molecule has 190 valence electrons. The third-order valence-electron chi connectivity index (χ3n) is 6.00. The summed E-state index contributed by atoms with van der Waals surface area (Å²) in [5.74, 6) is -1.04. The second-order valence-electron chi connectivity index (χ2n) is 9.24. The van der Waals surface area contributed by atoms with Crippen LogP contribution in [0.3, 0.4) is 0 Å². The van der Waals surface area contributed by atoms with Crippen LogP contribution in [-0.2, 0) is 19.4 Å². The predicted octanol–water partition coefficient (Wildman–Crippen LogP) is 8.54. The lowest BCUT2D eigenvalue weighted by molar-refractivity contribution is -0.272. The van der Waals surface area contributed by atoms with Crippen molar-refractivity contribution in [2.75, 3.05) is 6.61 Å². The Balaban J connectivity index is 3.13. The number of unbranched alkanes of at least 4 members (excludes halogenated alkanes) is 19. The van der Waals surface area contributed by atoms with Crippen molar-refractivity contribution in [1.29, 1.82) is 0 Å². The summed E-state index contributed by atoms with van der Waals surface area (Å²) in [7, 11) is 0. The second kappa shape index (κ2) is 26.2. The Morgan fingerprint density at radius 2 is 0.906 bits per heavy atom. The minimum Gasteiger partial charge on any atom is -0.481 e. The molecule has 0 saturated heterocycles. The lowest BCUT2D eigenvalue weighted by Gasteiger charge is -2.05. The van der Waals surface area contributed by atoms with Crippen molar-refractivity contribution in [2.24, 2.45) is 0 Å². The first-order valence-corrected chi connectivity index (χ1v) is 13.7. The third kappa shape index (κ3) is 26.9. The van der Waals surface area contributed by atoms with Crippen molar-refractivity contribution in [3.05, 3.63) is 0 Å². The molecule has 32 heavy (non-hydrogen) atoms. The molecule has 0 atom stereocenters. The van der Waals surface area contributed by atoms with Gasteiger partial charge in [-0.1, -0.05) is 122 Å². The van der Waals surface area contributed by atoms with Crippen molar-refractivity contribution in [3.8, 4) is 0 Å². The molecule has 0 aliphatic carbocycles. The van der Waals surface area contributed by atoms with Crippen molar-refractivity contribution in [3.63, 3.8) is 0 Å². The minimum atomic E-state index is -0.741. The van der Waals surface area contributed by atoms with Crippen LogP contribution in [0.1, 0.15) is 155 Å². The fourth-order valence-corrected chi connectivity index (χ4v) is 3.93. The highest BCUT2D eigenvalue weighted by Crippen LogP contribution is 2.14. The monoisotopic (exact) mass is 456 g/mol. The van der Waals surface area contributed by atoms with Gasteiger partial charge in [0.05, 0.1) is 6.61 Å². The summed E-state index contributed by atoms with van der Waals surface area (Å²) in [4.78, 5) is 31.8. The maximum Gasteiger partial charge on any atom is 0.342 e. The Hall–Kier alpha value is -1.10. The maximum absolute atomic E-state index is 11.6. The van der Waals surface area contributed by atoms with Gasteiger partial charge in [0.1, 0.15) is 0 Å². The van der Waals surface area contributed by atoms with Crippen LogP contribution in [0.15, 0.2) is 0 Å². The Morgan fingerprint density at radius 3 is 1.34 bits per heavy atom. The number of rotatable bonds is 26. The van der Waals surface area contributed by atoms with Crippen LogP contribution in [0.25, 0.3) is 0 Å². The quantitative estimate of drug-likeness (QED) is 0.0801.